The molecular formula is C10H21N. The molecule has 11 heavy (non-hydrogen) atoms. The molecule has 0 spiro atoms. The average Bonchev–Trinajstić information content (AvgIpc) is 2.41. The summed E-state index contributed by atoms with van der Waals surface area (Å²) in [5, 5.41) is 3.42. The van der Waals surface area contributed by atoms with E-state index in [0.29, 0.717) is 5.41 Å². The largest absolute Gasteiger partial charge is 0.316 e. The number of rotatable bonds is 3. The van der Waals surface area contributed by atoms with Gasteiger partial charge in [-0.15, -0.1) is 0 Å². The SMILES string of the molecule is CNC(C(C)C)C1CC1(C)C. The second-order valence-corrected chi connectivity index (χ2v) is 4.86. The molecule has 1 heteroatoms. The first kappa shape index (κ1) is 9.05. The van der Waals surface area contributed by atoms with Crippen LogP contribution in [0.1, 0.15) is 34.1 Å². The third-order valence-corrected chi connectivity index (χ3v) is 3.07. The van der Waals surface area contributed by atoms with E-state index in [1.54, 1.807) is 0 Å². The zero-order valence-electron chi connectivity index (χ0n) is 8.44. The number of nitrogens with one attached hydrogen (secondary N) is 1. The van der Waals surface area contributed by atoms with Crippen LogP contribution in [0, 0.1) is 17.3 Å². The van der Waals surface area contributed by atoms with Gasteiger partial charge in [0.2, 0.25) is 0 Å². The van der Waals surface area contributed by atoms with Crippen LogP contribution in [0.4, 0.5) is 0 Å². The number of hydrogen-bond donors (Lipinski definition) is 1. The Hall–Kier alpha value is -0.0400. The van der Waals surface area contributed by atoms with E-state index in [1.165, 1.54) is 6.42 Å². The van der Waals surface area contributed by atoms with Crippen molar-refractivity contribution in [1.29, 1.82) is 0 Å². The van der Waals surface area contributed by atoms with E-state index < -0.39 is 0 Å². The van der Waals surface area contributed by atoms with Gasteiger partial charge >= 0.3 is 0 Å². The summed E-state index contributed by atoms with van der Waals surface area (Å²) in [6, 6.07) is 0.727. The summed E-state index contributed by atoms with van der Waals surface area (Å²) in [5.74, 6) is 1.68. The first-order valence-corrected chi connectivity index (χ1v) is 4.66. The highest BCUT2D eigenvalue weighted by molar-refractivity contribution is 5.02. The maximum atomic E-state index is 3.42. The molecule has 66 valence electrons. The Kier molecular flexibility index (Phi) is 2.29. The third-order valence-electron chi connectivity index (χ3n) is 3.07. The second-order valence-electron chi connectivity index (χ2n) is 4.86. The first-order valence-electron chi connectivity index (χ1n) is 4.66. The predicted octanol–water partition coefficient (Wildman–Crippen LogP) is 2.28. The predicted molar refractivity (Wildman–Crippen MR) is 49.6 cm³/mol. The minimum atomic E-state index is 0.609. The lowest BCUT2D eigenvalue weighted by Gasteiger charge is -2.21. The second kappa shape index (κ2) is 2.78. The van der Waals surface area contributed by atoms with Crippen molar-refractivity contribution in [2.75, 3.05) is 7.05 Å². The quantitative estimate of drug-likeness (QED) is 0.659. The van der Waals surface area contributed by atoms with Crippen molar-refractivity contribution in [1.82, 2.24) is 5.32 Å². The Balaban J connectivity index is 2.46. The fraction of sp³-hybridized carbons (Fsp3) is 1.00. The van der Waals surface area contributed by atoms with Crippen molar-refractivity contribution in [3.05, 3.63) is 0 Å². The summed E-state index contributed by atoms with van der Waals surface area (Å²) < 4.78 is 0. The molecule has 0 radical (unpaired) electrons. The molecular weight excluding hydrogens is 134 g/mol. The molecule has 0 aromatic heterocycles. The van der Waals surface area contributed by atoms with Crippen LogP contribution in [0.25, 0.3) is 0 Å². The van der Waals surface area contributed by atoms with Crippen molar-refractivity contribution in [3.63, 3.8) is 0 Å². The van der Waals surface area contributed by atoms with Gasteiger partial charge in [-0.2, -0.15) is 0 Å². The molecule has 1 aliphatic rings. The van der Waals surface area contributed by atoms with E-state index in [1.807, 2.05) is 0 Å². The third kappa shape index (κ3) is 1.76. The molecule has 1 aliphatic carbocycles. The fourth-order valence-electron chi connectivity index (χ4n) is 2.12. The summed E-state index contributed by atoms with van der Waals surface area (Å²) in [7, 11) is 2.08. The highest BCUT2D eigenvalue weighted by Crippen LogP contribution is 2.54. The van der Waals surface area contributed by atoms with Crippen LogP contribution in [-0.2, 0) is 0 Å². The van der Waals surface area contributed by atoms with Gasteiger partial charge in [-0.1, -0.05) is 27.7 Å². The van der Waals surface area contributed by atoms with Gasteiger partial charge in [0.1, 0.15) is 0 Å². The van der Waals surface area contributed by atoms with Gasteiger partial charge in [0.25, 0.3) is 0 Å². The van der Waals surface area contributed by atoms with Crippen LogP contribution in [-0.4, -0.2) is 13.1 Å². The lowest BCUT2D eigenvalue weighted by Crippen LogP contribution is -2.34. The lowest BCUT2D eigenvalue weighted by atomic mass is 9.95. The summed E-state index contributed by atoms with van der Waals surface area (Å²) in [6.07, 6.45) is 1.40. The summed E-state index contributed by atoms with van der Waals surface area (Å²) in [6.45, 7) is 9.33. The maximum absolute atomic E-state index is 3.42. The first-order chi connectivity index (χ1) is 4.99. The zero-order valence-corrected chi connectivity index (χ0v) is 8.44. The average molecular weight is 155 g/mol. The molecule has 1 fully saturated rings. The van der Waals surface area contributed by atoms with E-state index >= 15 is 0 Å². The molecule has 0 saturated heterocycles. The molecule has 0 heterocycles. The summed E-state index contributed by atoms with van der Waals surface area (Å²) in [5.41, 5.74) is 0.609. The van der Waals surface area contributed by atoms with E-state index in [2.05, 4.69) is 40.1 Å². The van der Waals surface area contributed by atoms with Gasteiger partial charge in [0.15, 0.2) is 0 Å². The summed E-state index contributed by atoms with van der Waals surface area (Å²) >= 11 is 0. The molecule has 0 bridgehead atoms. The van der Waals surface area contributed by atoms with Crippen molar-refractivity contribution in [3.8, 4) is 0 Å². The van der Waals surface area contributed by atoms with Crippen molar-refractivity contribution < 1.29 is 0 Å². The van der Waals surface area contributed by atoms with Gasteiger partial charge in [0, 0.05) is 6.04 Å². The minimum absolute atomic E-state index is 0.609. The molecule has 0 aromatic carbocycles. The Bertz CT molecular complexity index is 138. The summed E-state index contributed by atoms with van der Waals surface area (Å²) in [4.78, 5) is 0. The molecule has 1 rings (SSSR count). The zero-order chi connectivity index (χ0) is 8.65. The van der Waals surface area contributed by atoms with Gasteiger partial charge < -0.3 is 5.32 Å². The van der Waals surface area contributed by atoms with Crippen LogP contribution < -0.4 is 5.32 Å². The van der Waals surface area contributed by atoms with Gasteiger partial charge in [-0.05, 0) is 30.7 Å². The fourth-order valence-corrected chi connectivity index (χ4v) is 2.12. The molecule has 0 aliphatic heterocycles. The normalized spacial score (nSPS) is 30.5. The Morgan fingerprint density at radius 2 is 1.82 bits per heavy atom. The van der Waals surface area contributed by atoms with Crippen LogP contribution in [0.2, 0.25) is 0 Å². The van der Waals surface area contributed by atoms with Crippen LogP contribution in [0.3, 0.4) is 0 Å². The van der Waals surface area contributed by atoms with E-state index in [-0.39, 0.29) is 0 Å². The van der Waals surface area contributed by atoms with Gasteiger partial charge in [-0.3, -0.25) is 0 Å². The van der Waals surface area contributed by atoms with Crippen molar-refractivity contribution in [2.45, 2.75) is 40.2 Å². The van der Waals surface area contributed by atoms with Crippen LogP contribution in [0.15, 0.2) is 0 Å². The van der Waals surface area contributed by atoms with Gasteiger partial charge in [0.05, 0.1) is 0 Å². The van der Waals surface area contributed by atoms with Crippen molar-refractivity contribution in [2.24, 2.45) is 17.3 Å². The molecule has 2 unspecified atom stereocenters. The monoisotopic (exact) mass is 155 g/mol. The Morgan fingerprint density at radius 1 is 1.36 bits per heavy atom. The Morgan fingerprint density at radius 3 is 1.91 bits per heavy atom. The van der Waals surface area contributed by atoms with E-state index in [9.17, 15) is 0 Å². The highest BCUT2D eigenvalue weighted by Gasteiger charge is 2.50. The molecule has 2 atom stereocenters. The van der Waals surface area contributed by atoms with E-state index in [0.717, 1.165) is 17.9 Å². The molecule has 0 aromatic rings. The van der Waals surface area contributed by atoms with Crippen molar-refractivity contribution >= 4 is 0 Å². The standard InChI is InChI=1S/C10H21N/c1-7(2)9(11-5)8-6-10(8,3)4/h7-9,11H,6H2,1-5H3. The van der Waals surface area contributed by atoms with Crippen LogP contribution in [0.5, 0.6) is 0 Å². The topological polar surface area (TPSA) is 12.0 Å². The molecule has 0 amide bonds. The van der Waals surface area contributed by atoms with Crippen LogP contribution >= 0.6 is 0 Å². The van der Waals surface area contributed by atoms with Gasteiger partial charge in [-0.25, -0.2) is 0 Å². The highest BCUT2D eigenvalue weighted by atomic mass is 14.9. The Labute approximate surface area is 70.6 Å². The minimum Gasteiger partial charge on any atom is -0.316 e. The number of hydrogen-bond acceptors (Lipinski definition) is 1. The molecule has 1 saturated carbocycles. The smallest absolute Gasteiger partial charge is 0.0121 e. The maximum Gasteiger partial charge on any atom is 0.0121 e. The van der Waals surface area contributed by atoms with E-state index in [4.69, 9.17) is 0 Å². The molecule has 1 nitrogen and oxygen atoms in total. The molecule has 1 N–H and O–H groups in total. The lowest BCUT2D eigenvalue weighted by molar-refractivity contribution is 0.344.